The Balaban J connectivity index is 1.52. The summed E-state index contributed by atoms with van der Waals surface area (Å²) < 4.78 is 1.59. The van der Waals surface area contributed by atoms with E-state index in [1.165, 1.54) is 11.3 Å². The lowest BCUT2D eigenvalue weighted by Gasteiger charge is -2.10. The van der Waals surface area contributed by atoms with E-state index in [-0.39, 0.29) is 11.1 Å². The first-order chi connectivity index (χ1) is 13.1. The number of rotatable bonds is 6. The molecule has 1 aromatic carbocycles. The van der Waals surface area contributed by atoms with E-state index in [2.05, 4.69) is 15.5 Å². The highest BCUT2D eigenvalue weighted by Gasteiger charge is 2.28. The molecule has 1 aliphatic carbocycles. The van der Waals surface area contributed by atoms with Gasteiger partial charge in [0.1, 0.15) is 10.6 Å². The number of carbonyl (C=O) groups is 1. The van der Waals surface area contributed by atoms with Crippen LogP contribution in [0, 0.1) is 6.92 Å². The quantitative estimate of drug-likeness (QED) is 0.711. The number of anilines is 1. The minimum atomic E-state index is -0.426. The van der Waals surface area contributed by atoms with Crippen LogP contribution in [-0.4, -0.2) is 20.7 Å². The van der Waals surface area contributed by atoms with Gasteiger partial charge >= 0.3 is 0 Å². The standard InChI is InChI=1S/C20H20N4O2S/c1-13-9-11-24(12-10-14-5-3-2-4-6-14)19(26)16(13)17(25)21-20-23-22-18(27-20)15-7-8-15/h2-6,9,11,15H,7-8,10,12H2,1H3,(H,21,23,25). The van der Waals surface area contributed by atoms with E-state index in [0.717, 1.165) is 29.8 Å². The number of amides is 1. The first-order valence-corrected chi connectivity index (χ1v) is 9.82. The van der Waals surface area contributed by atoms with Crippen molar-refractivity contribution < 1.29 is 4.79 Å². The number of benzene rings is 1. The van der Waals surface area contributed by atoms with Crippen molar-refractivity contribution >= 4 is 22.4 Å². The fourth-order valence-electron chi connectivity index (χ4n) is 2.95. The van der Waals surface area contributed by atoms with Gasteiger partial charge in [0, 0.05) is 18.7 Å². The van der Waals surface area contributed by atoms with Gasteiger partial charge in [-0.05, 0) is 43.4 Å². The fraction of sp³-hybridized carbons (Fsp3) is 0.300. The second-order valence-corrected chi connectivity index (χ2v) is 7.79. The highest BCUT2D eigenvalue weighted by atomic mass is 32.1. The lowest BCUT2D eigenvalue weighted by Crippen LogP contribution is -2.30. The highest BCUT2D eigenvalue weighted by molar-refractivity contribution is 7.15. The van der Waals surface area contributed by atoms with E-state index in [1.54, 1.807) is 23.8 Å². The summed E-state index contributed by atoms with van der Waals surface area (Å²) in [7, 11) is 0. The van der Waals surface area contributed by atoms with Gasteiger partial charge in [-0.2, -0.15) is 0 Å². The number of aromatic nitrogens is 3. The summed E-state index contributed by atoms with van der Waals surface area (Å²) in [6.45, 7) is 2.29. The van der Waals surface area contributed by atoms with Crippen LogP contribution in [-0.2, 0) is 13.0 Å². The number of carbonyl (C=O) groups excluding carboxylic acids is 1. The van der Waals surface area contributed by atoms with Gasteiger partial charge in [-0.25, -0.2) is 0 Å². The topological polar surface area (TPSA) is 76.9 Å². The molecule has 1 amide bonds. The average Bonchev–Trinajstić information content (AvgIpc) is 3.42. The zero-order valence-electron chi connectivity index (χ0n) is 15.0. The molecule has 3 aromatic rings. The van der Waals surface area contributed by atoms with Crippen LogP contribution in [0.2, 0.25) is 0 Å². The molecule has 2 heterocycles. The number of pyridine rings is 1. The molecule has 0 saturated heterocycles. The van der Waals surface area contributed by atoms with Gasteiger partial charge in [0.25, 0.3) is 11.5 Å². The van der Waals surface area contributed by atoms with Crippen LogP contribution in [0.15, 0.2) is 47.4 Å². The smallest absolute Gasteiger partial charge is 0.263 e. The molecule has 6 nitrogen and oxygen atoms in total. The Morgan fingerprint density at radius 3 is 2.74 bits per heavy atom. The van der Waals surface area contributed by atoms with E-state index in [4.69, 9.17) is 0 Å². The number of hydrogen-bond acceptors (Lipinski definition) is 5. The van der Waals surface area contributed by atoms with E-state index < -0.39 is 5.91 Å². The summed E-state index contributed by atoms with van der Waals surface area (Å²) in [6.07, 6.45) is 4.73. The maximum absolute atomic E-state index is 12.8. The van der Waals surface area contributed by atoms with Crippen LogP contribution < -0.4 is 10.9 Å². The zero-order valence-corrected chi connectivity index (χ0v) is 15.8. The van der Waals surface area contributed by atoms with Crippen molar-refractivity contribution in [1.29, 1.82) is 0 Å². The molecule has 0 unspecified atom stereocenters. The van der Waals surface area contributed by atoms with Crippen molar-refractivity contribution in [2.45, 2.75) is 38.6 Å². The summed E-state index contributed by atoms with van der Waals surface area (Å²) in [4.78, 5) is 25.5. The fourth-order valence-corrected chi connectivity index (χ4v) is 3.86. The molecule has 0 spiro atoms. The summed E-state index contributed by atoms with van der Waals surface area (Å²) in [5.41, 5.74) is 1.68. The molecular weight excluding hydrogens is 360 g/mol. The van der Waals surface area contributed by atoms with Crippen molar-refractivity contribution in [1.82, 2.24) is 14.8 Å². The third-order valence-corrected chi connectivity index (χ3v) is 5.67. The maximum Gasteiger partial charge on any atom is 0.263 e. The van der Waals surface area contributed by atoms with Crippen LogP contribution >= 0.6 is 11.3 Å². The van der Waals surface area contributed by atoms with Gasteiger partial charge in [-0.15, -0.1) is 10.2 Å². The van der Waals surface area contributed by atoms with Crippen LogP contribution in [0.4, 0.5) is 5.13 Å². The summed E-state index contributed by atoms with van der Waals surface area (Å²) in [5, 5.41) is 12.3. The third-order valence-electron chi connectivity index (χ3n) is 4.67. The van der Waals surface area contributed by atoms with Crippen LogP contribution in [0.25, 0.3) is 0 Å². The maximum atomic E-state index is 12.8. The highest BCUT2D eigenvalue weighted by Crippen LogP contribution is 2.42. The number of hydrogen-bond donors (Lipinski definition) is 1. The normalized spacial score (nSPS) is 13.5. The monoisotopic (exact) mass is 380 g/mol. The third kappa shape index (κ3) is 3.98. The Hall–Kier alpha value is -2.80. The Morgan fingerprint density at radius 1 is 1.22 bits per heavy atom. The molecule has 27 heavy (non-hydrogen) atoms. The van der Waals surface area contributed by atoms with Crippen molar-refractivity contribution in [3.8, 4) is 0 Å². The van der Waals surface area contributed by atoms with Gasteiger partial charge in [0.2, 0.25) is 5.13 Å². The zero-order chi connectivity index (χ0) is 18.8. The molecule has 0 bridgehead atoms. The second kappa shape index (κ2) is 7.44. The SMILES string of the molecule is Cc1ccn(CCc2ccccc2)c(=O)c1C(=O)Nc1nnc(C2CC2)s1. The number of nitrogens with one attached hydrogen (secondary N) is 1. The lowest BCUT2D eigenvalue weighted by molar-refractivity contribution is 0.102. The predicted molar refractivity (Wildman–Crippen MR) is 105 cm³/mol. The van der Waals surface area contributed by atoms with Crippen molar-refractivity contribution in [2.75, 3.05) is 5.32 Å². The van der Waals surface area contributed by atoms with Crippen LogP contribution in [0.1, 0.15) is 45.3 Å². The molecule has 1 saturated carbocycles. The molecule has 1 aliphatic rings. The van der Waals surface area contributed by atoms with Gasteiger partial charge in [0.05, 0.1) is 0 Å². The minimum absolute atomic E-state index is 0.161. The summed E-state index contributed by atoms with van der Waals surface area (Å²) in [5.74, 6) is 0.0619. The minimum Gasteiger partial charge on any atom is -0.315 e. The first-order valence-electron chi connectivity index (χ1n) is 9.00. The summed E-state index contributed by atoms with van der Waals surface area (Å²) >= 11 is 1.39. The largest absolute Gasteiger partial charge is 0.315 e. The van der Waals surface area contributed by atoms with Crippen molar-refractivity contribution in [3.63, 3.8) is 0 Å². The van der Waals surface area contributed by atoms with Crippen molar-refractivity contribution in [3.05, 3.63) is 74.6 Å². The van der Waals surface area contributed by atoms with E-state index in [9.17, 15) is 9.59 Å². The van der Waals surface area contributed by atoms with Gasteiger partial charge in [-0.3, -0.25) is 14.9 Å². The molecule has 0 aliphatic heterocycles. The van der Waals surface area contributed by atoms with E-state index in [1.807, 2.05) is 30.3 Å². The molecule has 0 atom stereocenters. The van der Waals surface area contributed by atoms with Gasteiger partial charge in [0.15, 0.2) is 0 Å². The molecule has 1 fully saturated rings. The molecule has 2 aromatic heterocycles. The van der Waals surface area contributed by atoms with Gasteiger partial charge < -0.3 is 4.57 Å². The Kier molecular flexibility index (Phi) is 4.85. The van der Waals surface area contributed by atoms with Gasteiger partial charge in [-0.1, -0.05) is 41.7 Å². The lowest BCUT2D eigenvalue weighted by atomic mass is 10.1. The second-order valence-electron chi connectivity index (χ2n) is 6.78. The molecule has 138 valence electrons. The van der Waals surface area contributed by atoms with Crippen LogP contribution in [0.5, 0.6) is 0 Å². The Labute approximate surface area is 160 Å². The van der Waals surface area contributed by atoms with E-state index in [0.29, 0.717) is 23.2 Å². The molecule has 1 N–H and O–H groups in total. The molecule has 4 rings (SSSR count). The average molecular weight is 380 g/mol. The predicted octanol–water partition coefficient (Wildman–Crippen LogP) is 3.38. The number of aryl methyl sites for hydroxylation is 3. The Bertz CT molecular complexity index is 1020. The molecule has 7 heteroatoms. The Morgan fingerprint density at radius 2 is 2.00 bits per heavy atom. The van der Waals surface area contributed by atoms with Crippen LogP contribution in [0.3, 0.4) is 0 Å². The molecule has 0 radical (unpaired) electrons. The van der Waals surface area contributed by atoms with E-state index >= 15 is 0 Å². The van der Waals surface area contributed by atoms with Crippen molar-refractivity contribution in [2.24, 2.45) is 0 Å². The first kappa shape index (κ1) is 17.6. The summed E-state index contributed by atoms with van der Waals surface area (Å²) in [6, 6.07) is 11.8. The molecular formula is C20H20N4O2S. The number of nitrogens with zero attached hydrogens (tertiary/aromatic N) is 3.